The van der Waals surface area contributed by atoms with Gasteiger partial charge in [-0.15, -0.1) is 0 Å². The quantitative estimate of drug-likeness (QED) is 0.234. The number of rotatable bonds is 20. The number of nitrogens with one attached hydrogen (secondary N) is 1. The summed E-state index contributed by atoms with van der Waals surface area (Å²) in [6.45, 7) is 11.5. The maximum absolute atomic E-state index is 6.06. The normalized spacial score (nSPS) is 11.9. The van der Waals surface area contributed by atoms with Crippen molar-refractivity contribution in [3.05, 3.63) is 48.5 Å². The lowest BCUT2D eigenvalue weighted by Gasteiger charge is -2.18. The smallest absolute Gasteiger partial charge is 0.123 e. The summed E-state index contributed by atoms with van der Waals surface area (Å²) in [5, 5.41) is 3.50. The van der Waals surface area contributed by atoms with Gasteiger partial charge in [-0.3, -0.25) is 0 Å². The summed E-state index contributed by atoms with van der Waals surface area (Å²) in [7, 11) is 0. The van der Waals surface area contributed by atoms with Gasteiger partial charge in [0, 0.05) is 25.2 Å². The van der Waals surface area contributed by atoms with E-state index in [2.05, 4.69) is 26.1 Å². The van der Waals surface area contributed by atoms with E-state index in [1.54, 1.807) is 0 Å². The second-order valence-electron chi connectivity index (χ2n) is 8.93. The Hall–Kier alpha value is -2.44. The molecule has 196 valence electrons. The Kier molecular flexibility index (Phi) is 14.7. The third-order valence-corrected chi connectivity index (χ3v) is 6.10. The fourth-order valence-electron chi connectivity index (χ4n) is 3.83. The van der Waals surface area contributed by atoms with Gasteiger partial charge in [-0.25, -0.2) is 0 Å². The van der Waals surface area contributed by atoms with E-state index in [-0.39, 0.29) is 0 Å². The molecular formula is C29H46N2O4. The average molecular weight is 487 g/mol. The van der Waals surface area contributed by atoms with Crippen molar-refractivity contribution < 1.29 is 18.9 Å². The number of nitrogens with two attached hydrogens (primary N) is 1. The molecule has 0 amide bonds. The van der Waals surface area contributed by atoms with Crippen molar-refractivity contribution >= 4 is 0 Å². The molecule has 1 atom stereocenters. The zero-order valence-electron chi connectivity index (χ0n) is 22.0. The van der Waals surface area contributed by atoms with Crippen molar-refractivity contribution in [2.75, 3.05) is 46.1 Å². The topological polar surface area (TPSA) is 75.0 Å². The Morgan fingerprint density at radius 2 is 1.23 bits per heavy atom. The highest BCUT2D eigenvalue weighted by Crippen LogP contribution is 2.22. The average Bonchev–Trinajstić information content (AvgIpc) is 2.89. The molecule has 0 aromatic heterocycles. The number of hydrogen-bond acceptors (Lipinski definition) is 6. The molecule has 35 heavy (non-hydrogen) atoms. The Bertz CT molecular complexity index is 798. The van der Waals surface area contributed by atoms with E-state index in [4.69, 9.17) is 24.7 Å². The van der Waals surface area contributed by atoms with Crippen LogP contribution in [0, 0.1) is 11.8 Å². The highest BCUT2D eigenvalue weighted by molar-refractivity contribution is 5.33. The van der Waals surface area contributed by atoms with E-state index in [0.717, 1.165) is 74.8 Å². The lowest BCUT2D eigenvalue weighted by atomic mass is 10.0. The molecule has 0 aliphatic rings. The van der Waals surface area contributed by atoms with Gasteiger partial charge in [0.25, 0.3) is 0 Å². The minimum Gasteiger partial charge on any atom is -0.493 e. The lowest BCUT2D eigenvalue weighted by Crippen LogP contribution is -2.25. The van der Waals surface area contributed by atoms with Crippen molar-refractivity contribution in [3.63, 3.8) is 0 Å². The summed E-state index contributed by atoms with van der Waals surface area (Å²) >= 11 is 0. The van der Waals surface area contributed by atoms with Crippen LogP contribution in [-0.4, -0.2) is 46.1 Å². The highest BCUT2D eigenvalue weighted by Gasteiger charge is 2.10. The van der Waals surface area contributed by atoms with Gasteiger partial charge in [-0.2, -0.15) is 0 Å². The first-order valence-corrected chi connectivity index (χ1v) is 13.3. The molecule has 1 unspecified atom stereocenters. The summed E-state index contributed by atoms with van der Waals surface area (Å²) in [4.78, 5) is 0. The van der Waals surface area contributed by atoms with Crippen LogP contribution in [0.5, 0.6) is 23.0 Å². The SMILES string of the molecule is CCCC(CCNCCOc1cccc(OCC(CC)CC)c1)COc1cccc(OCCN)c1. The molecule has 3 N–H and O–H groups in total. The Balaban J connectivity index is 1.65. The fraction of sp³-hybridized carbons (Fsp3) is 0.586. The molecule has 6 heteroatoms. The van der Waals surface area contributed by atoms with Gasteiger partial charge in [0.05, 0.1) is 13.2 Å². The van der Waals surface area contributed by atoms with Crippen molar-refractivity contribution in [3.8, 4) is 23.0 Å². The first-order valence-electron chi connectivity index (χ1n) is 13.3. The molecule has 2 aromatic rings. The highest BCUT2D eigenvalue weighted by atomic mass is 16.5. The van der Waals surface area contributed by atoms with Crippen molar-refractivity contribution in [1.29, 1.82) is 0 Å². The largest absolute Gasteiger partial charge is 0.493 e. The molecule has 2 rings (SSSR count). The summed E-state index contributed by atoms with van der Waals surface area (Å²) in [6.07, 6.45) is 5.64. The predicted octanol–water partition coefficient (Wildman–Crippen LogP) is 5.69. The van der Waals surface area contributed by atoms with Gasteiger partial charge in [-0.1, -0.05) is 52.2 Å². The first-order chi connectivity index (χ1) is 17.2. The summed E-state index contributed by atoms with van der Waals surface area (Å²) in [6, 6.07) is 15.7. The van der Waals surface area contributed by atoms with Crippen molar-refractivity contribution in [2.45, 2.75) is 52.9 Å². The number of ether oxygens (including phenoxy) is 4. The first kappa shape index (κ1) is 28.8. The van der Waals surface area contributed by atoms with Crippen LogP contribution >= 0.6 is 0 Å². The molecule has 6 nitrogen and oxygen atoms in total. The van der Waals surface area contributed by atoms with Gasteiger partial charge in [0.1, 0.15) is 36.2 Å². The molecule has 0 saturated heterocycles. The maximum Gasteiger partial charge on any atom is 0.123 e. The summed E-state index contributed by atoms with van der Waals surface area (Å²) in [5.41, 5.74) is 5.51. The van der Waals surface area contributed by atoms with Crippen LogP contribution in [0.3, 0.4) is 0 Å². The summed E-state index contributed by atoms with van der Waals surface area (Å²) in [5.74, 6) is 4.47. The predicted molar refractivity (Wildman–Crippen MR) is 144 cm³/mol. The second kappa shape index (κ2) is 17.9. The molecule has 0 radical (unpaired) electrons. The van der Waals surface area contributed by atoms with Gasteiger partial charge in [0.2, 0.25) is 0 Å². The van der Waals surface area contributed by atoms with E-state index < -0.39 is 0 Å². The third kappa shape index (κ3) is 12.2. The van der Waals surface area contributed by atoms with Crippen LogP contribution in [0.2, 0.25) is 0 Å². The van der Waals surface area contributed by atoms with Crippen LogP contribution in [0.25, 0.3) is 0 Å². The zero-order chi connectivity index (χ0) is 25.1. The molecule has 0 fully saturated rings. The Morgan fingerprint density at radius 1 is 0.686 bits per heavy atom. The molecule has 0 aliphatic heterocycles. The molecule has 0 aliphatic carbocycles. The van der Waals surface area contributed by atoms with E-state index in [1.165, 1.54) is 0 Å². The molecule has 0 heterocycles. The van der Waals surface area contributed by atoms with Gasteiger partial charge < -0.3 is 30.0 Å². The maximum atomic E-state index is 6.06. The van der Waals surface area contributed by atoms with E-state index in [1.807, 2.05) is 48.5 Å². The van der Waals surface area contributed by atoms with E-state index >= 15 is 0 Å². The van der Waals surface area contributed by atoms with E-state index in [0.29, 0.717) is 38.2 Å². The van der Waals surface area contributed by atoms with Gasteiger partial charge in [0.15, 0.2) is 0 Å². The standard InChI is InChI=1S/C29H46N2O4/c1-4-9-25(23-35-29-13-7-10-26(20-29)32-18-15-30)14-16-31-17-19-33-27-11-8-12-28(21-27)34-22-24(5-2)6-3/h7-8,10-13,20-21,24-25,31H,4-6,9,14-19,22-23,30H2,1-3H3. The van der Waals surface area contributed by atoms with E-state index in [9.17, 15) is 0 Å². The number of hydrogen-bond donors (Lipinski definition) is 2. The van der Waals surface area contributed by atoms with Crippen LogP contribution < -0.4 is 30.0 Å². The zero-order valence-corrected chi connectivity index (χ0v) is 22.0. The third-order valence-electron chi connectivity index (χ3n) is 6.10. The Labute approximate surface area is 212 Å². The summed E-state index contributed by atoms with van der Waals surface area (Å²) < 4.78 is 23.5. The van der Waals surface area contributed by atoms with Crippen molar-refractivity contribution in [2.24, 2.45) is 17.6 Å². The fourth-order valence-corrected chi connectivity index (χ4v) is 3.83. The lowest BCUT2D eigenvalue weighted by molar-refractivity contribution is 0.226. The minimum absolute atomic E-state index is 0.501. The van der Waals surface area contributed by atoms with Crippen LogP contribution in [-0.2, 0) is 0 Å². The second-order valence-corrected chi connectivity index (χ2v) is 8.93. The van der Waals surface area contributed by atoms with Crippen LogP contribution in [0.15, 0.2) is 48.5 Å². The van der Waals surface area contributed by atoms with Crippen LogP contribution in [0.1, 0.15) is 52.9 Å². The number of benzene rings is 2. The van der Waals surface area contributed by atoms with Crippen molar-refractivity contribution in [1.82, 2.24) is 5.32 Å². The van der Waals surface area contributed by atoms with Gasteiger partial charge >= 0.3 is 0 Å². The Morgan fingerprint density at radius 3 is 1.77 bits per heavy atom. The molecule has 2 aromatic carbocycles. The molecule has 0 saturated carbocycles. The molecule has 0 spiro atoms. The van der Waals surface area contributed by atoms with Crippen LogP contribution in [0.4, 0.5) is 0 Å². The monoisotopic (exact) mass is 486 g/mol. The molecular weight excluding hydrogens is 440 g/mol. The molecule has 0 bridgehead atoms. The van der Waals surface area contributed by atoms with Gasteiger partial charge in [-0.05, 0) is 55.5 Å². The minimum atomic E-state index is 0.501.